The third-order valence-electron chi connectivity index (χ3n) is 7.13. The second-order valence-electron chi connectivity index (χ2n) is 9.46. The van der Waals surface area contributed by atoms with Gasteiger partial charge < -0.3 is 19.7 Å². The molecule has 8 heteroatoms. The Morgan fingerprint density at radius 2 is 1.60 bits per heavy atom. The molecule has 0 fully saturated rings. The van der Waals surface area contributed by atoms with Gasteiger partial charge in [0.05, 0.1) is 18.2 Å². The maximum Gasteiger partial charge on any atom is 0.416 e. The summed E-state index contributed by atoms with van der Waals surface area (Å²) >= 11 is 0. The van der Waals surface area contributed by atoms with E-state index in [1.165, 1.54) is 13.2 Å². The van der Waals surface area contributed by atoms with Crippen molar-refractivity contribution in [2.24, 2.45) is 0 Å². The summed E-state index contributed by atoms with van der Waals surface area (Å²) in [4.78, 5) is 15.0. The molecule has 5 nitrogen and oxygen atoms in total. The molecule has 0 saturated carbocycles. The van der Waals surface area contributed by atoms with E-state index in [0.717, 1.165) is 47.6 Å². The standard InChI is InChI=1S/C32H29F3N2O3/c1-4-37(5-2)23-14-15-26-29(19-23)40-28-16-13-22(36-21-10-8-9-20(17-21)32(33,34)35)18-27(28)30(26)24-11-6-7-12-25(24)31(38)39-3/h6-19,30,36H,4-5H2,1-3H3. The molecular formula is C32H29F3N2O3. The lowest BCUT2D eigenvalue weighted by atomic mass is 9.80. The molecule has 0 aromatic heterocycles. The summed E-state index contributed by atoms with van der Waals surface area (Å²) in [5.41, 5.74) is 4.00. The highest BCUT2D eigenvalue weighted by molar-refractivity contribution is 5.92. The van der Waals surface area contributed by atoms with Gasteiger partial charge in [0.25, 0.3) is 0 Å². The van der Waals surface area contributed by atoms with Crippen molar-refractivity contribution in [1.29, 1.82) is 0 Å². The molecule has 40 heavy (non-hydrogen) atoms. The van der Waals surface area contributed by atoms with Gasteiger partial charge in [-0.25, -0.2) is 4.79 Å². The SMILES string of the molecule is CCN(CC)c1ccc2c(c1)Oc1ccc(Nc3cccc(C(F)(F)F)c3)cc1C2c1ccccc1C(=O)OC. The van der Waals surface area contributed by atoms with Gasteiger partial charge in [-0.15, -0.1) is 0 Å². The number of hydrogen-bond donors (Lipinski definition) is 1. The predicted molar refractivity (Wildman–Crippen MR) is 150 cm³/mol. The Hall–Kier alpha value is -4.46. The van der Waals surface area contributed by atoms with Crippen molar-refractivity contribution in [2.45, 2.75) is 25.9 Å². The number of nitrogens with zero attached hydrogens (tertiary/aromatic N) is 1. The minimum absolute atomic E-state index is 0.308. The highest BCUT2D eigenvalue weighted by Gasteiger charge is 2.33. The van der Waals surface area contributed by atoms with Crippen LogP contribution in [-0.2, 0) is 10.9 Å². The number of rotatable bonds is 7. The molecule has 5 rings (SSSR count). The van der Waals surface area contributed by atoms with Crippen molar-refractivity contribution in [3.8, 4) is 11.5 Å². The van der Waals surface area contributed by atoms with Gasteiger partial charge in [0.2, 0.25) is 0 Å². The first kappa shape index (κ1) is 27.1. The number of benzene rings is 4. The zero-order chi connectivity index (χ0) is 28.4. The van der Waals surface area contributed by atoms with Gasteiger partial charge in [-0.2, -0.15) is 13.2 Å². The lowest BCUT2D eigenvalue weighted by Gasteiger charge is -2.31. The Balaban J connectivity index is 1.63. The third kappa shape index (κ3) is 5.21. The fraction of sp³-hybridized carbons (Fsp3) is 0.219. The molecule has 4 aromatic carbocycles. The van der Waals surface area contributed by atoms with Crippen molar-refractivity contribution in [1.82, 2.24) is 0 Å². The number of alkyl halides is 3. The second-order valence-corrected chi connectivity index (χ2v) is 9.46. The van der Waals surface area contributed by atoms with Crippen LogP contribution in [0.3, 0.4) is 0 Å². The van der Waals surface area contributed by atoms with Crippen LogP contribution in [0.1, 0.15) is 52.4 Å². The summed E-state index contributed by atoms with van der Waals surface area (Å²) in [6.45, 7) is 5.86. The van der Waals surface area contributed by atoms with Crippen LogP contribution in [0.2, 0.25) is 0 Å². The van der Waals surface area contributed by atoms with E-state index in [4.69, 9.17) is 9.47 Å². The van der Waals surface area contributed by atoms with Gasteiger partial charge >= 0.3 is 12.1 Å². The first-order valence-electron chi connectivity index (χ1n) is 13.1. The van der Waals surface area contributed by atoms with Crippen LogP contribution in [0.15, 0.2) is 84.9 Å². The fourth-order valence-corrected chi connectivity index (χ4v) is 5.19. The van der Waals surface area contributed by atoms with E-state index in [-0.39, 0.29) is 5.92 Å². The van der Waals surface area contributed by atoms with Gasteiger partial charge in [0.15, 0.2) is 0 Å². The number of halogens is 3. The molecule has 1 aliphatic heterocycles. The first-order valence-corrected chi connectivity index (χ1v) is 13.1. The van der Waals surface area contributed by atoms with E-state index < -0.39 is 17.7 Å². The number of ether oxygens (including phenoxy) is 2. The summed E-state index contributed by atoms with van der Waals surface area (Å²) in [6.07, 6.45) is -4.45. The lowest BCUT2D eigenvalue weighted by Crippen LogP contribution is -2.22. The maximum absolute atomic E-state index is 13.3. The number of anilines is 3. The van der Waals surface area contributed by atoms with Crippen molar-refractivity contribution in [3.05, 3.63) is 113 Å². The summed E-state index contributed by atoms with van der Waals surface area (Å²) in [7, 11) is 1.35. The van der Waals surface area contributed by atoms with Gasteiger partial charge in [-0.3, -0.25) is 0 Å². The quantitative estimate of drug-likeness (QED) is 0.208. The van der Waals surface area contributed by atoms with Crippen LogP contribution in [-0.4, -0.2) is 26.2 Å². The minimum atomic E-state index is -4.45. The van der Waals surface area contributed by atoms with Crippen molar-refractivity contribution in [2.75, 3.05) is 30.4 Å². The molecule has 1 N–H and O–H groups in total. The van der Waals surface area contributed by atoms with Gasteiger partial charge in [-0.1, -0.05) is 30.3 Å². The Morgan fingerprint density at radius 1 is 0.850 bits per heavy atom. The maximum atomic E-state index is 13.3. The molecule has 1 unspecified atom stereocenters. The molecule has 1 aliphatic rings. The number of nitrogens with one attached hydrogen (secondary N) is 1. The number of methoxy groups -OCH3 is 1. The second kappa shape index (κ2) is 11.0. The number of fused-ring (bicyclic) bond motifs is 2. The van der Waals surface area contributed by atoms with Crippen LogP contribution in [0.5, 0.6) is 11.5 Å². The van der Waals surface area contributed by atoms with Crippen molar-refractivity contribution < 1.29 is 27.4 Å². The van der Waals surface area contributed by atoms with E-state index in [2.05, 4.69) is 24.1 Å². The van der Waals surface area contributed by atoms with Gasteiger partial charge in [0, 0.05) is 53.3 Å². The van der Waals surface area contributed by atoms with Gasteiger partial charge in [0.1, 0.15) is 11.5 Å². The Kier molecular flexibility index (Phi) is 7.43. The monoisotopic (exact) mass is 546 g/mol. The van der Waals surface area contributed by atoms with Crippen LogP contribution >= 0.6 is 0 Å². The highest BCUT2D eigenvalue weighted by Crippen LogP contribution is 2.50. The predicted octanol–water partition coefficient (Wildman–Crippen LogP) is 8.37. The van der Waals surface area contributed by atoms with Crippen LogP contribution in [0, 0.1) is 0 Å². The number of carbonyl (C=O) groups is 1. The molecule has 0 bridgehead atoms. The van der Waals surface area contributed by atoms with E-state index >= 15 is 0 Å². The fourth-order valence-electron chi connectivity index (χ4n) is 5.19. The molecule has 4 aromatic rings. The smallest absolute Gasteiger partial charge is 0.416 e. The van der Waals surface area contributed by atoms with Crippen molar-refractivity contribution >= 4 is 23.0 Å². The summed E-state index contributed by atoms with van der Waals surface area (Å²) < 4.78 is 51.3. The number of esters is 1. The summed E-state index contributed by atoms with van der Waals surface area (Å²) in [6, 6.07) is 23.8. The zero-order valence-corrected chi connectivity index (χ0v) is 22.4. The number of hydrogen-bond acceptors (Lipinski definition) is 5. The normalized spacial score (nSPS) is 14.0. The van der Waals surface area contributed by atoms with E-state index in [9.17, 15) is 18.0 Å². The van der Waals surface area contributed by atoms with Crippen LogP contribution < -0.4 is 15.0 Å². The summed E-state index contributed by atoms with van der Waals surface area (Å²) in [5.74, 6) is 0.440. The topological polar surface area (TPSA) is 50.8 Å². The van der Waals surface area contributed by atoms with Crippen LogP contribution in [0.25, 0.3) is 0 Å². The molecule has 1 atom stereocenters. The molecule has 0 aliphatic carbocycles. The van der Waals surface area contributed by atoms with Crippen molar-refractivity contribution in [3.63, 3.8) is 0 Å². The molecule has 0 amide bonds. The minimum Gasteiger partial charge on any atom is -0.465 e. The Morgan fingerprint density at radius 3 is 2.33 bits per heavy atom. The van der Waals surface area contributed by atoms with Gasteiger partial charge in [-0.05, 0) is 67.9 Å². The zero-order valence-electron chi connectivity index (χ0n) is 22.4. The molecule has 0 radical (unpaired) electrons. The van der Waals surface area contributed by atoms with E-state index in [1.54, 1.807) is 30.3 Å². The molecule has 1 heterocycles. The highest BCUT2D eigenvalue weighted by atomic mass is 19.4. The molecule has 0 spiro atoms. The summed E-state index contributed by atoms with van der Waals surface area (Å²) in [5, 5.41) is 3.10. The lowest BCUT2D eigenvalue weighted by molar-refractivity contribution is -0.137. The Labute approximate surface area is 231 Å². The van der Waals surface area contributed by atoms with E-state index in [1.807, 2.05) is 36.4 Å². The Bertz CT molecular complexity index is 1550. The molecular weight excluding hydrogens is 517 g/mol. The number of carbonyl (C=O) groups excluding carboxylic acids is 1. The first-order chi connectivity index (χ1) is 19.2. The van der Waals surface area contributed by atoms with Crippen LogP contribution in [0.4, 0.5) is 30.2 Å². The largest absolute Gasteiger partial charge is 0.465 e. The molecule has 0 saturated heterocycles. The average Bonchev–Trinajstić information content (AvgIpc) is 2.96. The average molecular weight is 547 g/mol. The molecule has 206 valence electrons. The third-order valence-corrected chi connectivity index (χ3v) is 7.13. The van der Waals surface area contributed by atoms with E-state index in [0.29, 0.717) is 28.4 Å².